The zero-order chi connectivity index (χ0) is 21.4. The molecule has 0 radical (unpaired) electrons. The standard InChI is InChI=1S/C20H15F6N3/c21-19(22,23)17-13(27)8-4-10-15(17)29(12-6-2-1-3-7-12)16-11-5-9-14(28)18(16)20(24,25)26/h1-11H,27-28H2. The Bertz CT molecular complexity index is 949. The van der Waals surface area contributed by atoms with Crippen molar-refractivity contribution >= 4 is 28.4 Å². The average molecular weight is 411 g/mol. The number of nitrogens with two attached hydrogens (primary N) is 2. The van der Waals surface area contributed by atoms with Crippen LogP contribution in [0.25, 0.3) is 0 Å². The second-order valence-corrected chi connectivity index (χ2v) is 6.15. The number of hydrogen-bond acceptors (Lipinski definition) is 3. The van der Waals surface area contributed by atoms with Gasteiger partial charge in [-0.3, -0.25) is 0 Å². The van der Waals surface area contributed by atoms with Crippen LogP contribution in [0, 0.1) is 0 Å². The van der Waals surface area contributed by atoms with E-state index in [1.54, 1.807) is 6.07 Å². The van der Waals surface area contributed by atoms with Crippen LogP contribution in [0.2, 0.25) is 0 Å². The van der Waals surface area contributed by atoms with E-state index in [9.17, 15) is 26.3 Å². The molecule has 0 saturated carbocycles. The van der Waals surface area contributed by atoms with Crippen LogP contribution < -0.4 is 16.4 Å². The van der Waals surface area contributed by atoms with Crippen molar-refractivity contribution in [2.24, 2.45) is 0 Å². The lowest BCUT2D eigenvalue weighted by Crippen LogP contribution is -2.22. The Kier molecular flexibility index (Phi) is 5.08. The highest BCUT2D eigenvalue weighted by molar-refractivity contribution is 5.85. The van der Waals surface area contributed by atoms with Gasteiger partial charge >= 0.3 is 12.4 Å². The van der Waals surface area contributed by atoms with Crippen molar-refractivity contribution in [1.82, 2.24) is 0 Å². The fourth-order valence-electron chi connectivity index (χ4n) is 3.09. The maximum Gasteiger partial charge on any atom is 0.420 e. The number of hydrogen-bond donors (Lipinski definition) is 2. The predicted octanol–water partition coefficient (Wildman–Crippen LogP) is 6.36. The number of alkyl halides is 6. The van der Waals surface area contributed by atoms with Crippen molar-refractivity contribution in [3.63, 3.8) is 0 Å². The molecule has 0 amide bonds. The molecule has 0 bridgehead atoms. The topological polar surface area (TPSA) is 55.3 Å². The molecule has 0 unspecified atom stereocenters. The molecule has 3 nitrogen and oxygen atoms in total. The quantitative estimate of drug-likeness (QED) is 0.390. The Morgan fingerprint density at radius 1 is 0.552 bits per heavy atom. The lowest BCUT2D eigenvalue weighted by atomic mass is 10.0. The number of benzene rings is 3. The van der Waals surface area contributed by atoms with Gasteiger partial charge in [0.05, 0.1) is 11.4 Å². The van der Waals surface area contributed by atoms with Gasteiger partial charge in [0.2, 0.25) is 0 Å². The van der Waals surface area contributed by atoms with Gasteiger partial charge in [-0.25, -0.2) is 0 Å². The summed E-state index contributed by atoms with van der Waals surface area (Å²) in [6.45, 7) is 0. The molecule has 29 heavy (non-hydrogen) atoms. The highest BCUT2D eigenvalue weighted by Crippen LogP contribution is 2.49. The summed E-state index contributed by atoms with van der Waals surface area (Å²) in [4.78, 5) is 0.859. The number of nitrogen functional groups attached to an aromatic ring is 2. The Morgan fingerprint density at radius 3 is 1.34 bits per heavy atom. The molecule has 0 fully saturated rings. The molecule has 0 atom stereocenters. The maximum atomic E-state index is 13.8. The summed E-state index contributed by atoms with van der Waals surface area (Å²) in [5.41, 5.74) is 6.44. The van der Waals surface area contributed by atoms with Gasteiger partial charge in [-0.2, -0.15) is 26.3 Å². The number of halogens is 6. The molecule has 0 aliphatic heterocycles. The van der Waals surface area contributed by atoms with Crippen molar-refractivity contribution in [2.45, 2.75) is 12.4 Å². The van der Waals surface area contributed by atoms with E-state index in [0.717, 1.165) is 29.2 Å². The Labute approximate surface area is 162 Å². The number of para-hydroxylation sites is 1. The van der Waals surface area contributed by atoms with E-state index in [0.29, 0.717) is 0 Å². The Hall–Kier alpha value is -3.36. The van der Waals surface area contributed by atoms with E-state index in [2.05, 4.69) is 0 Å². The number of anilines is 5. The van der Waals surface area contributed by atoms with Gasteiger partial charge in [0, 0.05) is 17.1 Å². The van der Waals surface area contributed by atoms with Crippen molar-refractivity contribution in [3.8, 4) is 0 Å². The highest BCUT2D eigenvalue weighted by atomic mass is 19.4. The van der Waals surface area contributed by atoms with Crippen molar-refractivity contribution < 1.29 is 26.3 Å². The van der Waals surface area contributed by atoms with Crippen LogP contribution in [0.5, 0.6) is 0 Å². The number of nitrogens with zero attached hydrogens (tertiary/aromatic N) is 1. The van der Waals surface area contributed by atoms with Gasteiger partial charge in [0.1, 0.15) is 11.1 Å². The van der Waals surface area contributed by atoms with E-state index in [1.165, 1.54) is 36.4 Å². The van der Waals surface area contributed by atoms with Crippen LogP contribution in [-0.2, 0) is 12.4 Å². The SMILES string of the molecule is Nc1cccc(N(c2ccccc2)c2cccc(N)c2C(F)(F)F)c1C(F)(F)F. The highest BCUT2D eigenvalue weighted by Gasteiger charge is 2.41. The van der Waals surface area contributed by atoms with Crippen LogP contribution in [0.1, 0.15) is 11.1 Å². The average Bonchev–Trinajstić information content (AvgIpc) is 2.61. The van der Waals surface area contributed by atoms with Crippen molar-refractivity contribution in [3.05, 3.63) is 77.9 Å². The van der Waals surface area contributed by atoms with Crippen LogP contribution in [-0.4, -0.2) is 0 Å². The fourth-order valence-corrected chi connectivity index (χ4v) is 3.09. The van der Waals surface area contributed by atoms with Gasteiger partial charge in [-0.15, -0.1) is 0 Å². The molecule has 0 aliphatic carbocycles. The van der Waals surface area contributed by atoms with E-state index >= 15 is 0 Å². The lowest BCUT2D eigenvalue weighted by Gasteiger charge is -2.31. The molecule has 3 aromatic rings. The van der Waals surface area contributed by atoms with Crippen LogP contribution in [0.3, 0.4) is 0 Å². The Balaban J connectivity index is 2.41. The van der Waals surface area contributed by atoms with Crippen molar-refractivity contribution in [2.75, 3.05) is 16.4 Å². The first kappa shape index (κ1) is 20.4. The van der Waals surface area contributed by atoms with E-state index in [1.807, 2.05) is 0 Å². The molecule has 9 heteroatoms. The molecule has 3 aromatic carbocycles. The fraction of sp³-hybridized carbons (Fsp3) is 0.100. The summed E-state index contributed by atoms with van der Waals surface area (Å²) in [5, 5.41) is 0. The van der Waals surface area contributed by atoms with Gasteiger partial charge in [-0.1, -0.05) is 30.3 Å². The summed E-state index contributed by atoms with van der Waals surface area (Å²) in [5.74, 6) is 0. The zero-order valence-corrected chi connectivity index (χ0v) is 14.7. The largest absolute Gasteiger partial charge is 0.420 e. The normalized spacial score (nSPS) is 12.1. The molecule has 4 N–H and O–H groups in total. The minimum atomic E-state index is -4.90. The third kappa shape index (κ3) is 3.94. The summed E-state index contributed by atoms with van der Waals surface area (Å²) < 4.78 is 82.6. The predicted molar refractivity (Wildman–Crippen MR) is 100.0 cm³/mol. The van der Waals surface area contributed by atoms with E-state index in [-0.39, 0.29) is 5.69 Å². The van der Waals surface area contributed by atoms with Crippen LogP contribution in [0.15, 0.2) is 66.7 Å². The molecular weight excluding hydrogens is 396 g/mol. The van der Waals surface area contributed by atoms with Gasteiger partial charge in [0.25, 0.3) is 0 Å². The molecule has 0 aliphatic rings. The summed E-state index contributed by atoms with van der Waals surface area (Å²) in [7, 11) is 0. The minimum Gasteiger partial charge on any atom is -0.398 e. The monoisotopic (exact) mass is 411 g/mol. The third-order valence-corrected chi connectivity index (χ3v) is 4.21. The van der Waals surface area contributed by atoms with Gasteiger partial charge in [0.15, 0.2) is 0 Å². The first-order chi connectivity index (χ1) is 13.5. The van der Waals surface area contributed by atoms with Crippen LogP contribution >= 0.6 is 0 Å². The van der Waals surface area contributed by atoms with E-state index in [4.69, 9.17) is 11.5 Å². The molecular formula is C20H15F6N3. The molecule has 0 heterocycles. The molecule has 152 valence electrons. The van der Waals surface area contributed by atoms with Gasteiger partial charge in [-0.05, 0) is 36.4 Å². The van der Waals surface area contributed by atoms with E-state index < -0.39 is 46.2 Å². The lowest BCUT2D eigenvalue weighted by molar-refractivity contribution is -0.136. The molecule has 0 saturated heterocycles. The molecule has 3 rings (SSSR count). The Morgan fingerprint density at radius 2 is 0.966 bits per heavy atom. The van der Waals surface area contributed by atoms with Crippen LogP contribution in [0.4, 0.5) is 54.8 Å². The smallest absolute Gasteiger partial charge is 0.398 e. The second kappa shape index (κ2) is 7.23. The summed E-state index contributed by atoms with van der Waals surface area (Å²) in [6.07, 6.45) is -9.79. The minimum absolute atomic E-state index is 0.0831. The first-order valence-electron chi connectivity index (χ1n) is 8.28. The van der Waals surface area contributed by atoms with Crippen molar-refractivity contribution in [1.29, 1.82) is 0 Å². The summed E-state index contributed by atoms with van der Waals surface area (Å²) in [6, 6.07) is 14.1. The second-order valence-electron chi connectivity index (χ2n) is 6.15. The maximum absolute atomic E-state index is 13.8. The zero-order valence-electron chi connectivity index (χ0n) is 14.7. The molecule has 0 aromatic heterocycles. The number of rotatable bonds is 3. The third-order valence-electron chi connectivity index (χ3n) is 4.21. The first-order valence-corrected chi connectivity index (χ1v) is 8.28. The molecule has 0 spiro atoms. The summed E-state index contributed by atoms with van der Waals surface area (Å²) >= 11 is 0. The van der Waals surface area contributed by atoms with Gasteiger partial charge < -0.3 is 16.4 Å².